The maximum Gasteiger partial charge on any atom is 0.162 e. The van der Waals surface area contributed by atoms with Gasteiger partial charge < -0.3 is 9.64 Å². The van der Waals surface area contributed by atoms with Gasteiger partial charge in [0.1, 0.15) is 5.75 Å². The topological polar surface area (TPSA) is 29.5 Å². The van der Waals surface area contributed by atoms with Gasteiger partial charge in [0.15, 0.2) is 5.78 Å². The molecule has 0 amide bonds. The molecule has 4 heteroatoms. The number of carbonyl (C=O) groups excluding carboxylic acids is 1. The van der Waals surface area contributed by atoms with Crippen molar-refractivity contribution in [3.63, 3.8) is 0 Å². The van der Waals surface area contributed by atoms with Gasteiger partial charge in [0.2, 0.25) is 0 Å². The van der Waals surface area contributed by atoms with E-state index in [4.69, 9.17) is 4.74 Å². The quantitative estimate of drug-likeness (QED) is 0.117. The third kappa shape index (κ3) is 5.43. The Kier molecular flexibility index (Phi) is 8.30. The first-order valence-electron chi connectivity index (χ1n) is 13.8. The van der Waals surface area contributed by atoms with Gasteiger partial charge in [-0.05, 0) is 95.4 Å². The lowest BCUT2D eigenvalue weighted by Crippen LogP contribution is -2.20. The zero-order valence-electron chi connectivity index (χ0n) is 22.6. The predicted octanol–water partition coefficient (Wildman–Crippen LogP) is 8.86. The molecule has 38 heavy (non-hydrogen) atoms. The Bertz CT molecular complexity index is 1440. The van der Waals surface area contributed by atoms with E-state index in [1.165, 1.54) is 33.2 Å². The lowest BCUT2D eigenvalue weighted by molar-refractivity contribution is 0.0980. The van der Waals surface area contributed by atoms with E-state index in [9.17, 15) is 4.79 Å². The Morgan fingerprint density at radius 3 is 2.47 bits per heavy atom. The van der Waals surface area contributed by atoms with Crippen LogP contribution in [0.1, 0.15) is 72.5 Å². The molecule has 0 fully saturated rings. The molecule has 0 bridgehead atoms. The standard InChI is InChI=1S/C34H36BrNO2/c1-4-6-8-32(37)25-12-16-28-24(21-25)11-17-30-29-18-13-26(35)22-31(29)33(34(28)30)23-9-14-27(15-10-23)38-20-7-19-36(3)5-2/h9-18,21-22,33H,4-8,19-20H2,1-3H3. The van der Waals surface area contributed by atoms with Crippen molar-refractivity contribution in [3.05, 3.63) is 99.5 Å². The van der Waals surface area contributed by atoms with Crippen molar-refractivity contribution < 1.29 is 9.53 Å². The van der Waals surface area contributed by atoms with E-state index in [1.54, 1.807) is 0 Å². The maximum absolute atomic E-state index is 12.7. The van der Waals surface area contributed by atoms with Gasteiger partial charge in [-0.1, -0.05) is 78.7 Å². The zero-order valence-corrected chi connectivity index (χ0v) is 24.2. The minimum Gasteiger partial charge on any atom is -0.494 e. The predicted molar refractivity (Wildman–Crippen MR) is 162 cm³/mol. The van der Waals surface area contributed by atoms with Crippen LogP contribution in [-0.4, -0.2) is 37.4 Å². The number of benzene rings is 4. The van der Waals surface area contributed by atoms with Crippen molar-refractivity contribution in [2.24, 2.45) is 0 Å². The van der Waals surface area contributed by atoms with Crippen molar-refractivity contribution in [2.75, 3.05) is 26.7 Å². The van der Waals surface area contributed by atoms with Crippen LogP contribution in [0.3, 0.4) is 0 Å². The first kappa shape index (κ1) is 26.6. The van der Waals surface area contributed by atoms with E-state index < -0.39 is 0 Å². The highest BCUT2D eigenvalue weighted by Crippen LogP contribution is 2.51. The lowest BCUT2D eigenvalue weighted by atomic mass is 9.86. The summed E-state index contributed by atoms with van der Waals surface area (Å²) in [5.41, 5.74) is 7.23. The molecule has 1 aliphatic rings. The molecule has 0 radical (unpaired) electrons. The van der Waals surface area contributed by atoms with Crippen molar-refractivity contribution >= 4 is 32.5 Å². The fraction of sp³-hybridized carbons (Fsp3) is 0.324. The monoisotopic (exact) mass is 569 g/mol. The van der Waals surface area contributed by atoms with Crippen molar-refractivity contribution in [3.8, 4) is 16.9 Å². The summed E-state index contributed by atoms with van der Waals surface area (Å²) >= 11 is 3.71. The van der Waals surface area contributed by atoms with Crippen LogP contribution in [0.15, 0.2) is 77.3 Å². The molecule has 4 aromatic carbocycles. The van der Waals surface area contributed by atoms with Gasteiger partial charge in [0.05, 0.1) is 6.61 Å². The molecule has 0 N–H and O–H groups in total. The van der Waals surface area contributed by atoms with E-state index in [1.807, 2.05) is 6.07 Å². The van der Waals surface area contributed by atoms with Gasteiger partial charge in [0.25, 0.3) is 0 Å². The Balaban J connectivity index is 1.49. The third-order valence-electron chi connectivity index (χ3n) is 7.75. The highest BCUT2D eigenvalue weighted by Gasteiger charge is 2.32. The molecule has 1 atom stereocenters. The number of Topliss-reactive ketones (excluding diaryl/α,β-unsaturated/α-hetero) is 1. The second-order valence-electron chi connectivity index (χ2n) is 10.3. The summed E-state index contributed by atoms with van der Waals surface area (Å²) in [6.07, 6.45) is 3.59. The second-order valence-corrected chi connectivity index (χ2v) is 11.2. The van der Waals surface area contributed by atoms with Gasteiger partial charge in [-0.25, -0.2) is 0 Å². The van der Waals surface area contributed by atoms with Gasteiger partial charge in [0, 0.05) is 28.9 Å². The number of nitrogens with zero attached hydrogens (tertiary/aromatic N) is 1. The number of hydrogen-bond donors (Lipinski definition) is 0. The molecule has 0 saturated heterocycles. The normalized spacial score (nSPS) is 14.1. The van der Waals surface area contributed by atoms with Crippen LogP contribution in [0.2, 0.25) is 0 Å². The second kappa shape index (κ2) is 11.8. The molecule has 0 aromatic heterocycles. The van der Waals surface area contributed by atoms with E-state index in [2.05, 4.69) is 108 Å². The zero-order chi connectivity index (χ0) is 26.6. The summed E-state index contributed by atoms with van der Waals surface area (Å²) in [7, 11) is 2.14. The van der Waals surface area contributed by atoms with Crippen molar-refractivity contribution in [1.29, 1.82) is 0 Å². The van der Waals surface area contributed by atoms with Crippen molar-refractivity contribution in [1.82, 2.24) is 4.90 Å². The molecular weight excluding hydrogens is 534 g/mol. The Morgan fingerprint density at radius 2 is 1.71 bits per heavy atom. The molecular formula is C34H36BrNO2. The first-order chi connectivity index (χ1) is 18.5. The Morgan fingerprint density at radius 1 is 0.921 bits per heavy atom. The summed E-state index contributed by atoms with van der Waals surface area (Å²) in [6, 6.07) is 25.9. The van der Waals surface area contributed by atoms with Gasteiger partial charge >= 0.3 is 0 Å². The van der Waals surface area contributed by atoms with Crippen LogP contribution in [0.5, 0.6) is 5.75 Å². The summed E-state index contributed by atoms with van der Waals surface area (Å²) < 4.78 is 7.13. The number of ketones is 1. The number of unbranched alkanes of at least 4 members (excludes halogenated alkanes) is 1. The van der Waals surface area contributed by atoms with Crippen LogP contribution in [0.25, 0.3) is 21.9 Å². The molecule has 1 aliphatic carbocycles. The molecule has 3 nitrogen and oxygen atoms in total. The SMILES string of the molecule is CCCCC(=O)c1ccc2c3c(ccc2c1)-c1ccc(Br)cc1C3c1ccc(OCCCN(C)CC)cc1. The molecule has 5 rings (SSSR count). The van der Waals surface area contributed by atoms with Crippen LogP contribution in [-0.2, 0) is 0 Å². The van der Waals surface area contributed by atoms with E-state index in [0.717, 1.165) is 60.1 Å². The number of fused-ring (bicyclic) bond motifs is 5. The number of carbonyl (C=O) groups is 1. The highest BCUT2D eigenvalue weighted by atomic mass is 79.9. The van der Waals surface area contributed by atoms with E-state index >= 15 is 0 Å². The highest BCUT2D eigenvalue weighted by molar-refractivity contribution is 9.10. The van der Waals surface area contributed by atoms with Gasteiger partial charge in [-0.3, -0.25) is 4.79 Å². The average Bonchev–Trinajstić information content (AvgIpc) is 3.27. The summed E-state index contributed by atoms with van der Waals surface area (Å²) in [5, 5.41) is 2.34. The third-order valence-corrected chi connectivity index (χ3v) is 8.24. The summed E-state index contributed by atoms with van der Waals surface area (Å²) in [5.74, 6) is 1.26. The van der Waals surface area contributed by atoms with Gasteiger partial charge in [-0.15, -0.1) is 0 Å². The summed E-state index contributed by atoms with van der Waals surface area (Å²) in [4.78, 5) is 15.0. The molecule has 4 aromatic rings. The first-order valence-corrected chi connectivity index (χ1v) is 14.6. The minimum absolute atomic E-state index is 0.120. The molecule has 196 valence electrons. The fourth-order valence-electron chi connectivity index (χ4n) is 5.51. The number of hydrogen-bond acceptors (Lipinski definition) is 3. The van der Waals surface area contributed by atoms with Crippen molar-refractivity contribution in [2.45, 2.75) is 45.4 Å². The van der Waals surface area contributed by atoms with E-state index in [0.29, 0.717) is 6.42 Å². The largest absolute Gasteiger partial charge is 0.494 e. The molecule has 0 heterocycles. The smallest absolute Gasteiger partial charge is 0.162 e. The van der Waals surface area contributed by atoms with Gasteiger partial charge in [-0.2, -0.15) is 0 Å². The Hall–Kier alpha value is -2.95. The van der Waals surface area contributed by atoms with E-state index in [-0.39, 0.29) is 11.7 Å². The van der Waals surface area contributed by atoms with Crippen LogP contribution >= 0.6 is 15.9 Å². The van der Waals surface area contributed by atoms with Crippen LogP contribution in [0, 0.1) is 0 Å². The fourth-order valence-corrected chi connectivity index (χ4v) is 5.89. The molecule has 0 spiro atoms. The van der Waals surface area contributed by atoms with Crippen LogP contribution < -0.4 is 4.74 Å². The lowest BCUT2D eigenvalue weighted by Gasteiger charge is -2.18. The number of rotatable bonds is 11. The minimum atomic E-state index is 0.120. The molecule has 0 saturated carbocycles. The van der Waals surface area contributed by atoms with Crippen LogP contribution in [0.4, 0.5) is 0 Å². The number of halogens is 1. The number of ether oxygens (including phenoxy) is 1. The Labute approximate surface area is 235 Å². The summed E-state index contributed by atoms with van der Waals surface area (Å²) in [6.45, 7) is 7.11. The molecule has 0 aliphatic heterocycles. The average molecular weight is 571 g/mol. The molecule has 1 unspecified atom stereocenters. The maximum atomic E-state index is 12.7.